The second-order valence-corrected chi connectivity index (χ2v) is 5.90. The fourth-order valence-corrected chi connectivity index (χ4v) is 2.16. The molecule has 0 bridgehead atoms. The van der Waals surface area contributed by atoms with Crippen molar-refractivity contribution in [1.29, 1.82) is 0 Å². The van der Waals surface area contributed by atoms with Gasteiger partial charge in [0, 0.05) is 0 Å². The molecular weight excluding hydrogens is 372 g/mol. The van der Waals surface area contributed by atoms with E-state index in [4.69, 9.17) is 15.9 Å². The van der Waals surface area contributed by atoms with Crippen LogP contribution in [0.4, 0.5) is 0 Å². The molecule has 8 N–H and O–H groups in total. The maximum atomic E-state index is 12.0. The number of hydrogen-bond acceptors (Lipinski definition) is 7. The van der Waals surface area contributed by atoms with E-state index in [2.05, 4.69) is 10.6 Å². The number of aliphatic carboxylic acids is 1. The lowest BCUT2D eigenvalue weighted by molar-refractivity contribution is -0.143. The van der Waals surface area contributed by atoms with Crippen LogP contribution in [0.2, 0.25) is 0 Å². The lowest BCUT2D eigenvalue weighted by Crippen LogP contribution is -2.55. The van der Waals surface area contributed by atoms with Gasteiger partial charge in [0.2, 0.25) is 17.7 Å². The van der Waals surface area contributed by atoms with Crippen LogP contribution >= 0.6 is 0 Å². The molecule has 0 saturated carbocycles. The molecule has 11 heteroatoms. The summed E-state index contributed by atoms with van der Waals surface area (Å²) >= 11 is 0. The number of carbonyl (C=O) groups is 4. The van der Waals surface area contributed by atoms with Gasteiger partial charge in [-0.15, -0.1) is 0 Å². The van der Waals surface area contributed by atoms with Crippen LogP contribution in [0.3, 0.4) is 0 Å². The van der Waals surface area contributed by atoms with Crippen LogP contribution in [0.15, 0.2) is 30.3 Å². The molecule has 0 aromatic heterocycles. The van der Waals surface area contributed by atoms with Gasteiger partial charge < -0.3 is 37.0 Å². The molecule has 0 saturated heterocycles. The molecule has 0 aliphatic heterocycles. The zero-order valence-corrected chi connectivity index (χ0v) is 15.0. The van der Waals surface area contributed by atoms with E-state index in [9.17, 15) is 24.3 Å². The Bertz CT molecular complexity index is 683. The topological polar surface area (TPSA) is 191 Å². The quantitative estimate of drug-likeness (QED) is 0.202. The van der Waals surface area contributed by atoms with Crippen LogP contribution in [-0.4, -0.2) is 76.9 Å². The predicted octanol–water partition coefficient (Wildman–Crippen LogP) is -3.29. The molecule has 0 radical (unpaired) electrons. The number of carboxylic acids is 1. The minimum absolute atomic E-state index is 0.272. The third-order valence-electron chi connectivity index (χ3n) is 3.69. The van der Waals surface area contributed by atoms with Crippen LogP contribution in [0.25, 0.3) is 0 Å². The van der Waals surface area contributed by atoms with Crippen LogP contribution in [0, 0.1) is 0 Å². The van der Waals surface area contributed by atoms with Crippen LogP contribution < -0.4 is 21.7 Å². The molecule has 3 amide bonds. The van der Waals surface area contributed by atoms with Crippen molar-refractivity contribution < 1.29 is 34.5 Å². The highest BCUT2D eigenvalue weighted by atomic mass is 16.4. The Kier molecular flexibility index (Phi) is 9.57. The van der Waals surface area contributed by atoms with E-state index in [0.29, 0.717) is 0 Å². The summed E-state index contributed by atoms with van der Waals surface area (Å²) in [6.45, 7) is -2.16. The van der Waals surface area contributed by atoms with E-state index in [1.54, 1.807) is 24.3 Å². The first-order valence-corrected chi connectivity index (χ1v) is 8.40. The van der Waals surface area contributed by atoms with Crippen molar-refractivity contribution >= 4 is 23.7 Å². The van der Waals surface area contributed by atoms with Gasteiger partial charge in [-0.25, -0.2) is 4.79 Å². The largest absolute Gasteiger partial charge is 0.480 e. The molecule has 28 heavy (non-hydrogen) atoms. The average Bonchev–Trinajstić information content (AvgIpc) is 2.68. The van der Waals surface area contributed by atoms with Gasteiger partial charge in [-0.3, -0.25) is 14.4 Å². The van der Waals surface area contributed by atoms with Gasteiger partial charge in [-0.1, -0.05) is 30.3 Å². The summed E-state index contributed by atoms with van der Waals surface area (Å²) in [6, 6.07) is 5.14. The van der Waals surface area contributed by atoms with E-state index in [1.165, 1.54) is 0 Å². The predicted molar refractivity (Wildman–Crippen MR) is 96.8 cm³/mol. The van der Waals surface area contributed by atoms with Crippen molar-refractivity contribution in [3.05, 3.63) is 35.9 Å². The molecule has 11 nitrogen and oxygen atoms in total. The monoisotopic (exact) mass is 396 g/mol. The molecule has 0 heterocycles. The molecule has 0 aliphatic carbocycles. The number of rotatable bonds is 11. The summed E-state index contributed by atoms with van der Waals surface area (Å²) in [5.41, 5.74) is 6.63. The van der Waals surface area contributed by atoms with Crippen LogP contribution in [0.1, 0.15) is 5.56 Å². The van der Waals surface area contributed by atoms with Gasteiger partial charge in [-0.2, -0.15) is 0 Å². The van der Waals surface area contributed by atoms with Crippen molar-refractivity contribution in [3.63, 3.8) is 0 Å². The van der Waals surface area contributed by atoms with Crippen molar-refractivity contribution in [1.82, 2.24) is 16.0 Å². The van der Waals surface area contributed by atoms with Crippen molar-refractivity contribution in [2.45, 2.75) is 24.5 Å². The molecule has 154 valence electrons. The van der Waals surface area contributed by atoms with E-state index >= 15 is 0 Å². The fraction of sp³-hybridized carbons (Fsp3) is 0.412. The summed E-state index contributed by atoms with van der Waals surface area (Å²) in [5.74, 6) is -3.83. The van der Waals surface area contributed by atoms with Crippen molar-refractivity contribution in [2.24, 2.45) is 5.73 Å². The maximum Gasteiger partial charge on any atom is 0.328 e. The highest BCUT2D eigenvalue weighted by Crippen LogP contribution is 2.01. The highest BCUT2D eigenvalue weighted by Gasteiger charge is 2.25. The molecule has 0 aliphatic rings. The van der Waals surface area contributed by atoms with Gasteiger partial charge in [0.25, 0.3) is 0 Å². The van der Waals surface area contributed by atoms with E-state index in [1.807, 2.05) is 11.4 Å². The number of nitrogens with two attached hydrogens (primary N) is 1. The zero-order chi connectivity index (χ0) is 21.1. The summed E-state index contributed by atoms with van der Waals surface area (Å²) in [5, 5.41) is 33.3. The number of aliphatic hydroxyl groups is 2. The Morgan fingerprint density at radius 2 is 1.54 bits per heavy atom. The summed E-state index contributed by atoms with van der Waals surface area (Å²) in [7, 11) is 0. The Balaban J connectivity index is 2.47. The first kappa shape index (κ1) is 23.0. The van der Waals surface area contributed by atoms with Gasteiger partial charge in [-0.05, 0) is 12.0 Å². The molecule has 0 spiro atoms. The van der Waals surface area contributed by atoms with Gasteiger partial charge in [0.1, 0.15) is 12.1 Å². The lowest BCUT2D eigenvalue weighted by atomic mass is 10.1. The normalized spacial score (nSPS) is 13.7. The SMILES string of the molecule is NC(Cc1ccccc1)C(=O)NCC(=O)NC(CO)C(=O)NC(CO)C(=O)O. The average molecular weight is 396 g/mol. The molecule has 0 fully saturated rings. The zero-order valence-electron chi connectivity index (χ0n) is 15.0. The fourth-order valence-electron chi connectivity index (χ4n) is 2.16. The summed E-state index contributed by atoms with van der Waals surface area (Å²) in [4.78, 5) is 46.5. The Hall–Kier alpha value is -3.02. The van der Waals surface area contributed by atoms with Gasteiger partial charge in [0.15, 0.2) is 0 Å². The molecule has 3 unspecified atom stereocenters. The third kappa shape index (κ3) is 7.70. The van der Waals surface area contributed by atoms with E-state index in [0.717, 1.165) is 5.56 Å². The molecule has 1 rings (SSSR count). The first-order valence-electron chi connectivity index (χ1n) is 8.40. The summed E-state index contributed by atoms with van der Waals surface area (Å²) < 4.78 is 0. The minimum atomic E-state index is -1.57. The minimum Gasteiger partial charge on any atom is -0.480 e. The molecule has 3 atom stereocenters. The van der Waals surface area contributed by atoms with Crippen molar-refractivity contribution in [2.75, 3.05) is 19.8 Å². The Morgan fingerprint density at radius 3 is 2.07 bits per heavy atom. The number of hydrogen-bond donors (Lipinski definition) is 7. The van der Waals surface area contributed by atoms with Crippen LogP contribution in [-0.2, 0) is 25.6 Å². The second-order valence-electron chi connectivity index (χ2n) is 5.90. The molecular formula is C17H24N4O7. The molecule has 1 aromatic rings. The second kappa shape index (κ2) is 11.6. The smallest absolute Gasteiger partial charge is 0.328 e. The Morgan fingerprint density at radius 1 is 0.929 bits per heavy atom. The van der Waals surface area contributed by atoms with E-state index < -0.39 is 61.6 Å². The number of nitrogens with one attached hydrogen (secondary N) is 3. The number of carbonyl (C=O) groups excluding carboxylic acids is 3. The standard InChI is InChI=1S/C17H24N4O7/c18-11(6-10-4-2-1-3-5-10)15(25)19-7-14(24)20-12(8-22)16(26)21-13(9-23)17(27)28/h1-5,11-13,22-23H,6-9,18H2,(H,19,25)(H,20,24)(H,21,26)(H,27,28). The first-order chi connectivity index (χ1) is 13.3. The summed E-state index contributed by atoms with van der Waals surface area (Å²) in [6.07, 6.45) is 0.272. The van der Waals surface area contributed by atoms with Crippen LogP contribution in [0.5, 0.6) is 0 Å². The van der Waals surface area contributed by atoms with Crippen molar-refractivity contribution in [3.8, 4) is 0 Å². The van der Waals surface area contributed by atoms with Gasteiger partial charge in [0.05, 0.1) is 25.8 Å². The Labute approximate surface area is 160 Å². The lowest BCUT2D eigenvalue weighted by Gasteiger charge is -2.19. The molecule has 1 aromatic carbocycles. The maximum absolute atomic E-state index is 12.0. The highest BCUT2D eigenvalue weighted by molar-refractivity contribution is 5.92. The van der Waals surface area contributed by atoms with Gasteiger partial charge >= 0.3 is 5.97 Å². The van der Waals surface area contributed by atoms with E-state index in [-0.39, 0.29) is 6.42 Å². The number of benzene rings is 1. The number of amides is 3. The number of aliphatic hydroxyl groups excluding tert-OH is 2. The third-order valence-corrected chi connectivity index (χ3v) is 3.69. The number of carboxylic acid groups (broad SMARTS) is 1.